The lowest BCUT2D eigenvalue weighted by Gasteiger charge is -2.07. The summed E-state index contributed by atoms with van der Waals surface area (Å²) in [6.07, 6.45) is 2.45. The van der Waals surface area contributed by atoms with Gasteiger partial charge in [-0.1, -0.05) is 23.1 Å². The highest BCUT2D eigenvalue weighted by molar-refractivity contribution is 8.01. The van der Waals surface area contributed by atoms with Crippen LogP contribution in [0.4, 0.5) is 5.13 Å². The van der Waals surface area contributed by atoms with Crippen LogP contribution in [0.25, 0.3) is 0 Å². The van der Waals surface area contributed by atoms with Crippen molar-refractivity contribution in [3.63, 3.8) is 0 Å². The van der Waals surface area contributed by atoms with E-state index in [1.807, 2.05) is 13.0 Å². The normalized spacial score (nSPS) is 14.1. The Kier molecular flexibility index (Phi) is 5.57. The molecule has 0 spiro atoms. The first-order valence-corrected chi connectivity index (χ1v) is 9.81. The van der Waals surface area contributed by atoms with Crippen molar-refractivity contribution in [2.45, 2.75) is 37.1 Å². The van der Waals surface area contributed by atoms with Gasteiger partial charge in [0.25, 0.3) is 0 Å². The van der Waals surface area contributed by atoms with Crippen LogP contribution in [-0.2, 0) is 4.74 Å². The SMILES string of the molecule is COCCNc1nnc(SCC(=O)c2cc(C)n(C3CC3)c2C)s1. The van der Waals surface area contributed by atoms with E-state index in [9.17, 15) is 4.79 Å². The molecule has 0 atom stereocenters. The van der Waals surface area contributed by atoms with Gasteiger partial charge in [-0.3, -0.25) is 4.79 Å². The van der Waals surface area contributed by atoms with Crippen molar-refractivity contribution < 1.29 is 9.53 Å². The van der Waals surface area contributed by atoms with Crippen molar-refractivity contribution in [1.82, 2.24) is 14.8 Å². The van der Waals surface area contributed by atoms with E-state index in [0.717, 1.165) is 20.7 Å². The highest BCUT2D eigenvalue weighted by atomic mass is 32.2. The molecule has 6 nitrogen and oxygen atoms in total. The van der Waals surface area contributed by atoms with Gasteiger partial charge >= 0.3 is 0 Å². The average molecular weight is 367 g/mol. The number of Topliss-reactive ketones (excluding diaryl/α,β-unsaturated/α-hetero) is 1. The van der Waals surface area contributed by atoms with Crippen LogP contribution < -0.4 is 5.32 Å². The predicted octanol–water partition coefficient (Wildman–Crippen LogP) is 3.32. The van der Waals surface area contributed by atoms with Gasteiger partial charge in [0, 0.05) is 36.6 Å². The Morgan fingerprint density at radius 1 is 1.46 bits per heavy atom. The summed E-state index contributed by atoms with van der Waals surface area (Å²) in [4.78, 5) is 12.6. The number of aryl methyl sites for hydroxylation is 1. The third-order valence-corrected chi connectivity index (χ3v) is 6.03. The number of ketones is 1. The third kappa shape index (κ3) is 3.99. The molecule has 8 heteroatoms. The number of carbonyl (C=O) groups is 1. The van der Waals surface area contributed by atoms with Crippen LogP contribution in [0.2, 0.25) is 0 Å². The molecule has 2 heterocycles. The zero-order valence-corrected chi connectivity index (χ0v) is 15.8. The summed E-state index contributed by atoms with van der Waals surface area (Å²) in [6.45, 7) is 5.45. The number of hydrogen-bond donors (Lipinski definition) is 1. The van der Waals surface area contributed by atoms with E-state index in [0.29, 0.717) is 24.9 Å². The van der Waals surface area contributed by atoms with Crippen LogP contribution >= 0.6 is 23.1 Å². The van der Waals surface area contributed by atoms with Crippen molar-refractivity contribution in [2.24, 2.45) is 0 Å². The summed E-state index contributed by atoms with van der Waals surface area (Å²) in [5.41, 5.74) is 3.12. The monoisotopic (exact) mass is 366 g/mol. The maximum atomic E-state index is 12.6. The molecule has 1 aliphatic rings. The van der Waals surface area contributed by atoms with Gasteiger partial charge in [0.15, 0.2) is 10.1 Å². The molecule has 0 bridgehead atoms. The van der Waals surface area contributed by atoms with Crippen LogP contribution in [-0.4, -0.2) is 46.6 Å². The number of carbonyl (C=O) groups excluding carboxylic acids is 1. The van der Waals surface area contributed by atoms with Crippen LogP contribution in [0.15, 0.2) is 10.4 Å². The molecule has 24 heavy (non-hydrogen) atoms. The maximum absolute atomic E-state index is 12.6. The second-order valence-corrected chi connectivity index (χ2v) is 8.09. The molecule has 3 rings (SSSR count). The minimum absolute atomic E-state index is 0.157. The lowest BCUT2D eigenvalue weighted by atomic mass is 10.2. The third-order valence-electron chi connectivity index (χ3n) is 4.01. The fourth-order valence-corrected chi connectivity index (χ4v) is 4.42. The summed E-state index contributed by atoms with van der Waals surface area (Å²) >= 11 is 2.91. The van der Waals surface area contributed by atoms with Gasteiger partial charge in [0.05, 0.1) is 12.4 Å². The van der Waals surface area contributed by atoms with Gasteiger partial charge in [0.1, 0.15) is 0 Å². The maximum Gasteiger partial charge on any atom is 0.206 e. The molecule has 2 aromatic rings. The molecule has 2 aromatic heterocycles. The first-order valence-electron chi connectivity index (χ1n) is 8.01. The predicted molar refractivity (Wildman–Crippen MR) is 97.5 cm³/mol. The fourth-order valence-electron chi connectivity index (χ4n) is 2.76. The van der Waals surface area contributed by atoms with Gasteiger partial charge in [-0.15, -0.1) is 10.2 Å². The molecule has 1 aliphatic carbocycles. The molecule has 1 saturated carbocycles. The minimum atomic E-state index is 0.157. The van der Waals surface area contributed by atoms with Gasteiger partial charge in [-0.05, 0) is 32.8 Å². The molecular formula is C16H22N4O2S2. The van der Waals surface area contributed by atoms with Crippen LogP contribution in [0, 0.1) is 13.8 Å². The minimum Gasteiger partial charge on any atom is -0.383 e. The Bertz CT molecular complexity index is 722. The van der Waals surface area contributed by atoms with Crippen LogP contribution in [0.1, 0.15) is 40.6 Å². The number of aromatic nitrogens is 3. The first kappa shape index (κ1) is 17.4. The molecule has 130 valence electrons. The lowest BCUT2D eigenvalue weighted by Crippen LogP contribution is -2.06. The molecule has 1 fully saturated rings. The number of thioether (sulfide) groups is 1. The molecule has 1 N–H and O–H groups in total. The van der Waals surface area contributed by atoms with Crippen molar-refractivity contribution in [2.75, 3.05) is 31.3 Å². The number of nitrogens with one attached hydrogen (secondary N) is 1. The van der Waals surface area contributed by atoms with Gasteiger partial charge in [-0.2, -0.15) is 0 Å². The summed E-state index contributed by atoms with van der Waals surface area (Å²) < 4.78 is 8.10. The average Bonchev–Trinajstić information content (AvgIpc) is 3.21. The van der Waals surface area contributed by atoms with Crippen molar-refractivity contribution >= 4 is 34.0 Å². The smallest absolute Gasteiger partial charge is 0.206 e. The largest absolute Gasteiger partial charge is 0.383 e. The second kappa shape index (κ2) is 7.67. The standard InChI is InChI=1S/C16H22N4O2S2/c1-10-8-13(11(2)20(10)12-4-5-12)14(21)9-23-16-19-18-15(24-16)17-6-7-22-3/h8,12H,4-7,9H2,1-3H3,(H,17,18). The van der Waals surface area contributed by atoms with E-state index in [1.54, 1.807) is 7.11 Å². The van der Waals surface area contributed by atoms with E-state index in [2.05, 4.69) is 27.0 Å². The number of anilines is 1. The zero-order valence-electron chi connectivity index (χ0n) is 14.2. The number of ether oxygens (including phenoxy) is 1. The molecule has 0 radical (unpaired) electrons. The molecule has 0 amide bonds. The summed E-state index contributed by atoms with van der Waals surface area (Å²) in [6, 6.07) is 2.62. The number of hydrogen-bond acceptors (Lipinski definition) is 7. The lowest BCUT2D eigenvalue weighted by molar-refractivity contribution is 0.102. The van der Waals surface area contributed by atoms with Crippen molar-refractivity contribution in [3.05, 3.63) is 23.0 Å². The molecule has 0 unspecified atom stereocenters. The Labute approximate surface area is 150 Å². The highest BCUT2D eigenvalue weighted by Crippen LogP contribution is 2.38. The van der Waals surface area contributed by atoms with E-state index in [4.69, 9.17) is 4.74 Å². The second-order valence-electron chi connectivity index (χ2n) is 5.89. The summed E-state index contributed by atoms with van der Waals surface area (Å²) in [5, 5.41) is 12.1. The van der Waals surface area contributed by atoms with Crippen molar-refractivity contribution in [1.29, 1.82) is 0 Å². The van der Waals surface area contributed by atoms with Gasteiger partial charge in [-0.25, -0.2) is 0 Å². The summed E-state index contributed by atoms with van der Waals surface area (Å²) in [7, 11) is 1.66. The number of methoxy groups -OCH3 is 1. The first-order chi connectivity index (χ1) is 11.6. The quantitative estimate of drug-likeness (QED) is 0.417. The number of rotatable bonds is 9. The van der Waals surface area contributed by atoms with E-state index >= 15 is 0 Å². The topological polar surface area (TPSA) is 69.0 Å². The zero-order chi connectivity index (χ0) is 17.1. The number of nitrogens with zero attached hydrogens (tertiary/aromatic N) is 3. The van der Waals surface area contributed by atoms with E-state index in [1.165, 1.54) is 41.6 Å². The Morgan fingerprint density at radius 3 is 2.96 bits per heavy atom. The summed E-state index contributed by atoms with van der Waals surface area (Å²) in [5.74, 6) is 0.547. The molecular weight excluding hydrogens is 344 g/mol. The van der Waals surface area contributed by atoms with Crippen LogP contribution in [0.5, 0.6) is 0 Å². The van der Waals surface area contributed by atoms with E-state index < -0.39 is 0 Å². The molecule has 0 aliphatic heterocycles. The van der Waals surface area contributed by atoms with E-state index in [-0.39, 0.29) is 5.78 Å². The Balaban J connectivity index is 1.57. The highest BCUT2D eigenvalue weighted by Gasteiger charge is 2.28. The van der Waals surface area contributed by atoms with Gasteiger partial charge < -0.3 is 14.6 Å². The molecule has 0 saturated heterocycles. The fraction of sp³-hybridized carbons (Fsp3) is 0.562. The van der Waals surface area contributed by atoms with Crippen LogP contribution in [0.3, 0.4) is 0 Å². The Morgan fingerprint density at radius 2 is 2.25 bits per heavy atom. The molecule has 0 aromatic carbocycles. The van der Waals surface area contributed by atoms with Gasteiger partial charge in [0.2, 0.25) is 5.13 Å². The Hall–Kier alpha value is -1.38. The van der Waals surface area contributed by atoms with Crippen molar-refractivity contribution in [3.8, 4) is 0 Å².